The van der Waals surface area contributed by atoms with Crippen LogP contribution in [0.25, 0.3) is 22.2 Å². The fourth-order valence-corrected chi connectivity index (χ4v) is 3.57. The van der Waals surface area contributed by atoms with Crippen molar-refractivity contribution < 1.29 is 4.79 Å². The molecule has 0 aliphatic rings. The van der Waals surface area contributed by atoms with Crippen LogP contribution in [0.1, 0.15) is 32.7 Å². The van der Waals surface area contributed by atoms with Crippen molar-refractivity contribution in [3.8, 4) is 11.3 Å². The summed E-state index contributed by atoms with van der Waals surface area (Å²) in [5.74, 6) is -0.280. The molecular formula is C24H23N5O. The summed E-state index contributed by atoms with van der Waals surface area (Å²) in [5, 5.41) is 9.19. The molecule has 0 radical (unpaired) electrons. The number of amides is 1. The zero-order valence-electron chi connectivity index (χ0n) is 17.5. The maximum atomic E-state index is 13.0. The Morgan fingerprint density at radius 2 is 1.90 bits per heavy atom. The van der Waals surface area contributed by atoms with Gasteiger partial charge in [0.25, 0.3) is 5.91 Å². The number of hydrazone groups is 1. The quantitative estimate of drug-likeness (QED) is 0.412. The van der Waals surface area contributed by atoms with Crippen molar-refractivity contribution >= 4 is 23.0 Å². The largest absolute Gasteiger partial charge is 0.275 e. The smallest absolute Gasteiger partial charge is 0.272 e. The highest BCUT2D eigenvalue weighted by Crippen LogP contribution is 2.27. The Labute approximate surface area is 175 Å². The molecule has 1 amide bonds. The molecule has 0 aliphatic carbocycles. The average Bonchev–Trinajstić information content (AvgIpc) is 3.04. The number of pyridine rings is 1. The lowest BCUT2D eigenvalue weighted by Gasteiger charge is -2.11. The highest BCUT2D eigenvalue weighted by atomic mass is 16.2. The molecule has 2 aromatic heterocycles. The van der Waals surface area contributed by atoms with E-state index in [1.54, 1.807) is 10.9 Å². The van der Waals surface area contributed by atoms with E-state index in [1.807, 2.05) is 56.6 Å². The van der Waals surface area contributed by atoms with Gasteiger partial charge in [0.2, 0.25) is 0 Å². The van der Waals surface area contributed by atoms with E-state index in [-0.39, 0.29) is 5.91 Å². The Balaban J connectivity index is 1.72. The fourth-order valence-electron chi connectivity index (χ4n) is 3.57. The molecule has 4 rings (SSSR count). The minimum absolute atomic E-state index is 0.280. The number of rotatable bonds is 4. The molecule has 2 aromatic carbocycles. The molecule has 6 nitrogen and oxygen atoms in total. The number of fused-ring (bicyclic) bond motifs is 1. The van der Waals surface area contributed by atoms with E-state index in [0.717, 1.165) is 39.0 Å². The van der Waals surface area contributed by atoms with Crippen LogP contribution in [0.4, 0.5) is 0 Å². The van der Waals surface area contributed by atoms with Gasteiger partial charge in [-0.25, -0.2) is 10.4 Å². The van der Waals surface area contributed by atoms with Crippen LogP contribution in [-0.2, 0) is 7.05 Å². The van der Waals surface area contributed by atoms with Gasteiger partial charge in [-0.1, -0.05) is 42.0 Å². The molecule has 0 saturated carbocycles. The lowest BCUT2D eigenvalue weighted by atomic mass is 9.99. The molecular weight excluding hydrogens is 374 g/mol. The van der Waals surface area contributed by atoms with E-state index < -0.39 is 0 Å². The topological polar surface area (TPSA) is 72.2 Å². The maximum Gasteiger partial charge on any atom is 0.272 e. The maximum absolute atomic E-state index is 13.0. The summed E-state index contributed by atoms with van der Waals surface area (Å²) in [6.45, 7) is 6.01. The third-order valence-electron chi connectivity index (χ3n) is 5.04. The third-order valence-corrected chi connectivity index (χ3v) is 5.04. The van der Waals surface area contributed by atoms with Crippen molar-refractivity contribution in [3.63, 3.8) is 0 Å². The number of aryl methyl sites for hydroxylation is 4. The Hall–Kier alpha value is -3.80. The molecule has 1 N–H and O–H groups in total. The van der Waals surface area contributed by atoms with Crippen LogP contribution in [-0.4, -0.2) is 26.9 Å². The summed E-state index contributed by atoms with van der Waals surface area (Å²) >= 11 is 0. The van der Waals surface area contributed by atoms with E-state index in [4.69, 9.17) is 4.98 Å². The summed E-state index contributed by atoms with van der Waals surface area (Å²) in [6, 6.07) is 15.7. The number of nitrogens with zero attached hydrogens (tertiary/aromatic N) is 4. The second kappa shape index (κ2) is 7.91. The van der Waals surface area contributed by atoms with Crippen molar-refractivity contribution in [1.82, 2.24) is 20.2 Å². The number of carbonyl (C=O) groups excluding carboxylic acids is 1. The zero-order chi connectivity index (χ0) is 21.3. The Bertz CT molecular complexity index is 1290. The molecule has 0 bridgehead atoms. The van der Waals surface area contributed by atoms with E-state index in [9.17, 15) is 4.79 Å². The lowest BCUT2D eigenvalue weighted by Crippen LogP contribution is -2.18. The average molecular weight is 397 g/mol. The van der Waals surface area contributed by atoms with Crippen molar-refractivity contribution in [2.24, 2.45) is 12.1 Å². The van der Waals surface area contributed by atoms with Gasteiger partial charge >= 0.3 is 0 Å². The predicted octanol–water partition coefficient (Wildman–Crippen LogP) is 4.32. The Kier molecular flexibility index (Phi) is 5.14. The fraction of sp³-hybridized carbons (Fsp3) is 0.167. The second-order valence-electron chi connectivity index (χ2n) is 7.43. The van der Waals surface area contributed by atoms with Crippen molar-refractivity contribution in [3.05, 3.63) is 82.7 Å². The molecule has 0 spiro atoms. The minimum atomic E-state index is -0.280. The van der Waals surface area contributed by atoms with Gasteiger partial charge in [0.1, 0.15) is 0 Å². The molecule has 30 heavy (non-hydrogen) atoms. The van der Waals surface area contributed by atoms with Crippen LogP contribution in [0.2, 0.25) is 0 Å². The van der Waals surface area contributed by atoms with Gasteiger partial charge in [-0.15, -0.1) is 0 Å². The predicted molar refractivity (Wildman–Crippen MR) is 120 cm³/mol. The number of hydrogen-bond donors (Lipinski definition) is 1. The number of carbonyl (C=O) groups is 1. The van der Waals surface area contributed by atoms with Crippen molar-refractivity contribution in [2.75, 3.05) is 0 Å². The lowest BCUT2D eigenvalue weighted by molar-refractivity contribution is 0.0956. The SMILES string of the molecule is Cc1ccc(-c2cc(C(=O)N/N=C/c3cn(C)nc3C)c3ccccc3n2)c(C)c1. The summed E-state index contributed by atoms with van der Waals surface area (Å²) in [6.07, 6.45) is 3.46. The van der Waals surface area contributed by atoms with Gasteiger partial charge in [0.15, 0.2) is 0 Å². The first-order chi connectivity index (χ1) is 14.4. The standard InChI is InChI=1S/C24H23N5O/c1-15-9-10-19(16(2)11-15)23-12-21(20-7-5-6-8-22(20)26-23)24(30)27-25-13-18-14-29(4)28-17(18)3/h5-14H,1-4H3,(H,27,30)/b25-13+. The Morgan fingerprint density at radius 1 is 1.10 bits per heavy atom. The van der Waals surface area contributed by atoms with E-state index in [2.05, 4.69) is 41.6 Å². The summed E-state index contributed by atoms with van der Waals surface area (Å²) in [4.78, 5) is 17.8. The zero-order valence-corrected chi connectivity index (χ0v) is 17.5. The van der Waals surface area contributed by atoms with Crippen LogP contribution in [0.15, 0.2) is 59.8 Å². The Morgan fingerprint density at radius 3 is 2.63 bits per heavy atom. The van der Waals surface area contributed by atoms with Crippen molar-refractivity contribution in [2.45, 2.75) is 20.8 Å². The molecule has 150 valence electrons. The van der Waals surface area contributed by atoms with Crippen LogP contribution < -0.4 is 5.43 Å². The summed E-state index contributed by atoms with van der Waals surface area (Å²) in [5.41, 5.74) is 9.74. The van der Waals surface area contributed by atoms with Gasteiger partial charge in [-0.05, 0) is 38.5 Å². The number of aromatic nitrogens is 3. The van der Waals surface area contributed by atoms with E-state index in [1.165, 1.54) is 5.56 Å². The van der Waals surface area contributed by atoms with Crippen LogP contribution in [0, 0.1) is 20.8 Å². The van der Waals surface area contributed by atoms with E-state index >= 15 is 0 Å². The molecule has 0 fully saturated rings. The van der Waals surface area contributed by atoms with Gasteiger partial charge in [-0.3, -0.25) is 9.48 Å². The third kappa shape index (κ3) is 3.85. The van der Waals surface area contributed by atoms with Gasteiger partial charge in [0, 0.05) is 29.8 Å². The van der Waals surface area contributed by atoms with Crippen LogP contribution in [0.5, 0.6) is 0 Å². The van der Waals surface area contributed by atoms with Crippen LogP contribution in [0.3, 0.4) is 0 Å². The summed E-state index contributed by atoms with van der Waals surface area (Å²) < 4.78 is 1.71. The number of para-hydroxylation sites is 1. The molecule has 2 heterocycles. The first kappa shape index (κ1) is 19.5. The van der Waals surface area contributed by atoms with Gasteiger partial charge < -0.3 is 0 Å². The van der Waals surface area contributed by atoms with Gasteiger partial charge in [-0.2, -0.15) is 10.2 Å². The number of hydrogen-bond acceptors (Lipinski definition) is 4. The summed E-state index contributed by atoms with van der Waals surface area (Å²) in [7, 11) is 1.85. The van der Waals surface area contributed by atoms with Crippen molar-refractivity contribution in [1.29, 1.82) is 0 Å². The van der Waals surface area contributed by atoms with E-state index in [0.29, 0.717) is 5.56 Å². The molecule has 0 atom stereocenters. The highest BCUT2D eigenvalue weighted by molar-refractivity contribution is 6.07. The normalized spacial score (nSPS) is 11.3. The first-order valence-electron chi connectivity index (χ1n) is 9.73. The van der Waals surface area contributed by atoms with Crippen LogP contribution >= 0.6 is 0 Å². The molecule has 6 heteroatoms. The highest BCUT2D eigenvalue weighted by Gasteiger charge is 2.14. The monoisotopic (exact) mass is 397 g/mol. The minimum Gasteiger partial charge on any atom is -0.275 e. The second-order valence-corrected chi connectivity index (χ2v) is 7.43. The number of nitrogens with one attached hydrogen (secondary N) is 1. The first-order valence-corrected chi connectivity index (χ1v) is 9.73. The number of benzene rings is 2. The molecule has 0 saturated heterocycles. The molecule has 0 unspecified atom stereocenters. The molecule has 4 aromatic rings. The van der Waals surface area contributed by atoms with Gasteiger partial charge in [0.05, 0.1) is 28.7 Å². The molecule has 0 aliphatic heterocycles.